The van der Waals surface area contributed by atoms with Crippen LogP contribution >= 0.6 is 0 Å². The number of aromatic nitrogens is 1. The standard InChI is InChI=1S/C18H23N3O3S/c1-13-9-14(2)18(17(10-13)24-3)25(22,23)21-8-7-20-12-16(21)15-5-4-6-19-11-15/h4-6,9-11,16,20H,7-8,12H2,1-3H3. The topological polar surface area (TPSA) is 71.5 Å². The van der Waals surface area contributed by atoms with E-state index in [0.29, 0.717) is 30.9 Å². The van der Waals surface area contributed by atoms with Crippen LogP contribution < -0.4 is 10.1 Å². The number of benzene rings is 1. The molecule has 1 aromatic carbocycles. The quantitative estimate of drug-likeness (QED) is 0.902. The van der Waals surface area contributed by atoms with Gasteiger partial charge in [-0.25, -0.2) is 8.42 Å². The lowest BCUT2D eigenvalue weighted by atomic mass is 10.1. The van der Waals surface area contributed by atoms with Gasteiger partial charge in [-0.1, -0.05) is 12.1 Å². The molecule has 0 radical (unpaired) electrons. The fourth-order valence-corrected chi connectivity index (χ4v) is 5.31. The van der Waals surface area contributed by atoms with Gasteiger partial charge in [-0.05, 0) is 42.7 Å². The van der Waals surface area contributed by atoms with Crippen molar-refractivity contribution in [3.05, 3.63) is 53.3 Å². The number of nitrogens with zero attached hydrogens (tertiary/aromatic N) is 2. The second kappa shape index (κ2) is 7.11. The zero-order valence-corrected chi connectivity index (χ0v) is 15.5. The summed E-state index contributed by atoms with van der Waals surface area (Å²) in [5.41, 5.74) is 2.54. The molecule has 0 aliphatic carbocycles. The van der Waals surface area contributed by atoms with Crippen LogP contribution in [0.1, 0.15) is 22.7 Å². The summed E-state index contributed by atoms with van der Waals surface area (Å²) >= 11 is 0. The smallest absolute Gasteiger partial charge is 0.247 e. The Morgan fingerprint density at radius 1 is 1.32 bits per heavy atom. The van der Waals surface area contributed by atoms with Crippen molar-refractivity contribution in [2.24, 2.45) is 0 Å². The summed E-state index contributed by atoms with van der Waals surface area (Å²) in [6.45, 7) is 5.30. The Balaban J connectivity index is 2.10. The molecule has 25 heavy (non-hydrogen) atoms. The van der Waals surface area contributed by atoms with Crippen molar-refractivity contribution in [2.75, 3.05) is 26.7 Å². The zero-order valence-electron chi connectivity index (χ0n) is 14.7. The Kier molecular flexibility index (Phi) is 5.08. The van der Waals surface area contributed by atoms with Crippen molar-refractivity contribution in [2.45, 2.75) is 24.8 Å². The van der Waals surface area contributed by atoms with Crippen molar-refractivity contribution < 1.29 is 13.2 Å². The molecule has 3 rings (SSSR count). The van der Waals surface area contributed by atoms with Crippen LogP contribution in [0.2, 0.25) is 0 Å². The van der Waals surface area contributed by atoms with Gasteiger partial charge in [0.25, 0.3) is 0 Å². The summed E-state index contributed by atoms with van der Waals surface area (Å²) in [6.07, 6.45) is 3.41. The summed E-state index contributed by atoms with van der Waals surface area (Å²) < 4.78 is 33.9. The molecule has 1 aliphatic heterocycles. The van der Waals surface area contributed by atoms with Crippen molar-refractivity contribution in [3.8, 4) is 5.75 Å². The molecule has 1 saturated heterocycles. The maximum atomic E-state index is 13.5. The molecule has 1 aliphatic rings. The highest BCUT2D eigenvalue weighted by Gasteiger charge is 2.37. The lowest BCUT2D eigenvalue weighted by Gasteiger charge is -2.35. The molecule has 6 nitrogen and oxygen atoms in total. The number of aryl methyl sites for hydroxylation is 2. The summed E-state index contributed by atoms with van der Waals surface area (Å²) in [6, 6.07) is 7.08. The van der Waals surface area contributed by atoms with Gasteiger partial charge in [-0.3, -0.25) is 4.98 Å². The molecule has 134 valence electrons. The van der Waals surface area contributed by atoms with E-state index in [2.05, 4.69) is 10.3 Å². The average Bonchev–Trinajstić information content (AvgIpc) is 2.61. The number of piperazine rings is 1. The highest BCUT2D eigenvalue weighted by atomic mass is 32.2. The third-order valence-electron chi connectivity index (χ3n) is 4.43. The lowest BCUT2D eigenvalue weighted by Crippen LogP contribution is -2.48. The summed E-state index contributed by atoms with van der Waals surface area (Å²) in [5.74, 6) is 0.390. The molecule has 0 amide bonds. The number of ether oxygens (including phenoxy) is 1. The normalized spacial score (nSPS) is 18.9. The Hall–Kier alpha value is -1.96. The number of hydrogen-bond donors (Lipinski definition) is 1. The van der Waals surface area contributed by atoms with Crippen molar-refractivity contribution >= 4 is 10.0 Å². The Morgan fingerprint density at radius 2 is 2.12 bits per heavy atom. The second-order valence-electron chi connectivity index (χ2n) is 6.24. The van der Waals surface area contributed by atoms with Gasteiger partial charge in [-0.2, -0.15) is 4.31 Å². The number of methoxy groups -OCH3 is 1. The van der Waals surface area contributed by atoms with Gasteiger partial charge in [0.1, 0.15) is 10.6 Å². The molecule has 0 saturated carbocycles. The van der Waals surface area contributed by atoms with Crippen LogP contribution in [0.3, 0.4) is 0 Å². The van der Waals surface area contributed by atoms with Crippen molar-refractivity contribution in [3.63, 3.8) is 0 Å². The first-order valence-corrected chi connectivity index (χ1v) is 9.67. The van der Waals surface area contributed by atoms with Gasteiger partial charge in [-0.15, -0.1) is 0 Å². The van der Waals surface area contributed by atoms with Gasteiger partial charge in [0.15, 0.2) is 0 Å². The number of sulfonamides is 1. The van der Waals surface area contributed by atoms with E-state index >= 15 is 0 Å². The van der Waals surface area contributed by atoms with Crippen LogP contribution in [0.15, 0.2) is 41.6 Å². The lowest BCUT2D eigenvalue weighted by molar-refractivity contribution is 0.270. The maximum absolute atomic E-state index is 13.5. The molecule has 1 unspecified atom stereocenters. The number of nitrogens with one attached hydrogen (secondary N) is 1. The Morgan fingerprint density at radius 3 is 2.80 bits per heavy atom. The molecule has 1 fully saturated rings. The van der Waals surface area contributed by atoms with Gasteiger partial charge in [0.05, 0.1) is 13.2 Å². The molecular weight excluding hydrogens is 338 g/mol. The minimum absolute atomic E-state index is 0.247. The predicted octanol–water partition coefficient (Wildman–Crippen LogP) is 2.04. The van der Waals surface area contributed by atoms with Crippen LogP contribution in [-0.4, -0.2) is 44.5 Å². The van der Waals surface area contributed by atoms with Gasteiger partial charge in [0, 0.05) is 32.0 Å². The zero-order chi connectivity index (χ0) is 18.0. The van der Waals surface area contributed by atoms with E-state index in [9.17, 15) is 8.42 Å². The van der Waals surface area contributed by atoms with E-state index in [0.717, 1.165) is 11.1 Å². The molecule has 7 heteroatoms. The summed E-state index contributed by atoms with van der Waals surface area (Å²) in [5, 5.41) is 3.27. The second-order valence-corrected chi connectivity index (χ2v) is 8.06. The summed E-state index contributed by atoms with van der Waals surface area (Å²) in [7, 11) is -2.21. The fourth-order valence-electron chi connectivity index (χ4n) is 3.35. The van der Waals surface area contributed by atoms with E-state index in [1.165, 1.54) is 7.11 Å². The molecule has 0 bridgehead atoms. The van der Waals surface area contributed by atoms with E-state index in [1.54, 1.807) is 22.8 Å². The minimum Gasteiger partial charge on any atom is -0.495 e. The number of hydrogen-bond acceptors (Lipinski definition) is 5. The van der Waals surface area contributed by atoms with E-state index in [1.807, 2.05) is 32.0 Å². The Bertz CT molecular complexity index is 853. The molecule has 1 aromatic heterocycles. The minimum atomic E-state index is -3.71. The maximum Gasteiger partial charge on any atom is 0.247 e. The first kappa shape index (κ1) is 17.8. The van der Waals surface area contributed by atoms with Gasteiger partial charge in [0.2, 0.25) is 10.0 Å². The van der Waals surface area contributed by atoms with E-state index in [4.69, 9.17) is 4.74 Å². The molecule has 1 atom stereocenters. The highest BCUT2D eigenvalue weighted by molar-refractivity contribution is 7.89. The van der Waals surface area contributed by atoms with Gasteiger partial charge < -0.3 is 10.1 Å². The molecule has 2 aromatic rings. The predicted molar refractivity (Wildman–Crippen MR) is 96.2 cm³/mol. The van der Waals surface area contributed by atoms with Gasteiger partial charge >= 0.3 is 0 Å². The summed E-state index contributed by atoms with van der Waals surface area (Å²) in [4.78, 5) is 4.38. The van der Waals surface area contributed by atoms with Crippen LogP contribution in [0.5, 0.6) is 5.75 Å². The van der Waals surface area contributed by atoms with Crippen LogP contribution in [0, 0.1) is 13.8 Å². The molecule has 0 spiro atoms. The monoisotopic (exact) mass is 361 g/mol. The Labute approximate surface area is 148 Å². The highest BCUT2D eigenvalue weighted by Crippen LogP contribution is 2.35. The van der Waals surface area contributed by atoms with Crippen LogP contribution in [-0.2, 0) is 10.0 Å². The van der Waals surface area contributed by atoms with Crippen molar-refractivity contribution in [1.29, 1.82) is 0 Å². The number of pyridine rings is 1. The van der Waals surface area contributed by atoms with E-state index < -0.39 is 10.0 Å². The first-order valence-electron chi connectivity index (χ1n) is 8.23. The first-order chi connectivity index (χ1) is 11.9. The largest absolute Gasteiger partial charge is 0.495 e. The SMILES string of the molecule is COc1cc(C)cc(C)c1S(=O)(=O)N1CCNCC1c1cccnc1. The van der Waals surface area contributed by atoms with E-state index in [-0.39, 0.29) is 10.9 Å². The third kappa shape index (κ3) is 3.40. The molecule has 2 heterocycles. The van der Waals surface area contributed by atoms with Crippen LogP contribution in [0.4, 0.5) is 0 Å². The molecular formula is C18H23N3O3S. The molecule has 1 N–H and O–H groups in total. The van der Waals surface area contributed by atoms with Crippen LogP contribution in [0.25, 0.3) is 0 Å². The fraction of sp³-hybridized carbons (Fsp3) is 0.389. The third-order valence-corrected chi connectivity index (χ3v) is 6.53. The average molecular weight is 361 g/mol. The number of rotatable bonds is 4. The van der Waals surface area contributed by atoms with Crippen molar-refractivity contribution in [1.82, 2.24) is 14.6 Å².